The first-order valence-corrected chi connectivity index (χ1v) is 6.29. The Balaban J connectivity index is 2.09. The summed E-state index contributed by atoms with van der Waals surface area (Å²) in [5.74, 6) is -1.44. The molecule has 0 aromatic carbocycles. The van der Waals surface area contributed by atoms with Crippen LogP contribution >= 0.6 is 0 Å². The Hall–Kier alpha value is -1.34. The van der Waals surface area contributed by atoms with Crippen molar-refractivity contribution >= 4 is 12.2 Å². The molecule has 2 fully saturated rings. The highest BCUT2D eigenvalue weighted by molar-refractivity contribution is 5.89. The molecule has 2 aliphatic rings. The molecule has 1 N–H and O–H groups in total. The molecule has 7 nitrogen and oxygen atoms in total. The molecular weight excluding hydrogens is 254 g/mol. The molecular formula is C12H19NO6. The number of nitrogens with zero attached hydrogens (tertiary/aromatic N) is 1. The van der Waals surface area contributed by atoms with Crippen molar-refractivity contribution in [2.24, 2.45) is 0 Å². The van der Waals surface area contributed by atoms with Crippen LogP contribution in [0.25, 0.3) is 0 Å². The molecule has 19 heavy (non-hydrogen) atoms. The zero-order valence-corrected chi connectivity index (χ0v) is 11.3. The van der Waals surface area contributed by atoms with E-state index in [1.807, 2.05) is 0 Å². The highest BCUT2D eigenvalue weighted by Gasteiger charge is 2.55. The van der Waals surface area contributed by atoms with Gasteiger partial charge in [0.15, 0.2) is 0 Å². The van der Waals surface area contributed by atoms with Crippen LogP contribution in [0, 0.1) is 0 Å². The average Bonchev–Trinajstić information content (AvgIpc) is 2.59. The van der Waals surface area contributed by atoms with Crippen LogP contribution in [-0.4, -0.2) is 52.8 Å². The number of hydrogen-bond acceptors (Lipinski definition) is 6. The molecule has 0 aromatic rings. The van der Waals surface area contributed by atoms with Gasteiger partial charge < -0.3 is 19.3 Å². The third-order valence-corrected chi connectivity index (χ3v) is 2.95. The van der Waals surface area contributed by atoms with E-state index in [1.165, 1.54) is 0 Å². The fourth-order valence-corrected chi connectivity index (χ4v) is 2.06. The summed E-state index contributed by atoms with van der Waals surface area (Å²) in [6.07, 6.45) is -1.42. The maximum atomic E-state index is 11.9. The van der Waals surface area contributed by atoms with E-state index in [2.05, 4.69) is 0 Å². The lowest BCUT2D eigenvalue weighted by molar-refractivity contribution is -0.253. The molecule has 2 saturated heterocycles. The van der Waals surface area contributed by atoms with Crippen LogP contribution in [0.1, 0.15) is 33.6 Å². The Labute approximate surface area is 111 Å². The number of aliphatic hydroxyl groups is 1. The second kappa shape index (κ2) is 4.64. The lowest BCUT2D eigenvalue weighted by Crippen LogP contribution is -2.52. The number of imide groups is 1. The Morgan fingerprint density at radius 1 is 1.53 bits per heavy atom. The van der Waals surface area contributed by atoms with Crippen molar-refractivity contribution < 1.29 is 28.9 Å². The van der Waals surface area contributed by atoms with Gasteiger partial charge in [0.2, 0.25) is 0 Å². The molecule has 2 amide bonds. The van der Waals surface area contributed by atoms with Crippen LogP contribution in [0.5, 0.6) is 0 Å². The zero-order valence-electron chi connectivity index (χ0n) is 11.3. The van der Waals surface area contributed by atoms with Crippen molar-refractivity contribution in [2.75, 3.05) is 13.2 Å². The normalized spacial score (nSPS) is 31.5. The minimum Gasteiger partial charge on any atom is -0.443 e. The topological polar surface area (TPSA) is 85.3 Å². The van der Waals surface area contributed by atoms with Crippen molar-refractivity contribution in [3.8, 4) is 0 Å². The van der Waals surface area contributed by atoms with Crippen molar-refractivity contribution in [2.45, 2.75) is 51.1 Å². The van der Waals surface area contributed by atoms with Gasteiger partial charge in [-0.3, -0.25) is 0 Å². The van der Waals surface area contributed by atoms with Crippen LogP contribution in [0.3, 0.4) is 0 Å². The van der Waals surface area contributed by atoms with E-state index in [1.54, 1.807) is 20.8 Å². The lowest BCUT2D eigenvalue weighted by atomic mass is 10.0. The minimum absolute atomic E-state index is 0.151. The molecule has 2 rings (SSSR count). The Morgan fingerprint density at radius 2 is 2.21 bits per heavy atom. The number of amides is 2. The van der Waals surface area contributed by atoms with E-state index in [-0.39, 0.29) is 6.54 Å². The van der Waals surface area contributed by atoms with Crippen LogP contribution in [0.15, 0.2) is 0 Å². The maximum absolute atomic E-state index is 11.9. The number of aliphatic hydroxyl groups excluding tert-OH is 1. The van der Waals surface area contributed by atoms with E-state index >= 15 is 0 Å². The highest BCUT2D eigenvalue weighted by Crippen LogP contribution is 2.33. The number of ether oxygens (including phenoxy) is 3. The second-order valence-corrected chi connectivity index (χ2v) is 5.75. The second-order valence-electron chi connectivity index (χ2n) is 5.75. The highest BCUT2D eigenvalue weighted by atomic mass is 16.8. The van der Waals surface area contributed by atoms with Crippen LogP contribution in [0.2, 0.25) is 0 Å². The summed E-state index contributed by atoms with van der Waals surface area (Å²) in [4.78, 5) is 24.4. The summed E-state index contributed by atoms with van der Waals surface area (Å²) in [5, 5.41) is 9.93. The molecule has 0 bridgehead atoms. The SMILES string of the molecule is CC(C)(C)OC(=O)N1C[C@]2(OCCC[C@@H]2O)OC1=O. The summed E-state index contributed by atoms with van der Waals surface area (Å²) in [6.45, 7) is 5.34. The Bertz CT molecular complexity index is 390. The predicted octanol–water partition coefficient (Wildman–Crippen LogP) is 1.24. The standard InChI is InChI=1S/C12H19NO6/c1-11(2,3)18-9(15)13-7-12(19-10(13)16)8(14)5-4-6-17-12/h8,14H,4-7H2,1-3H3/t8-,12-/m0/s1. The molecule has 2 atom stereocenters. The van der Waals surface area contributed by atoms with Gasteiger partial charge in [0, 0.05) is 0 Å². The van der Waals surface area contributed by atoms with Crippen LogP contribution in [0.4, 0.5) is 9.59 Å². The first-order valence-electron chi connectivity index (χ1n) is 6.29. The first kappa shape index (κ1) is 14.1. The number of hydrogen-bond donors (Lipinski definition) is 1. The minimum atomic E-state index is -1.44. The Kier molecular flexibility index (Phi) is 3.44. The van der Waals surface area contributed by atoms with Gasteiger partial charge in [0.05, 0.1) is 6.61 Å². The van der Waals surface area contributed by atoms with Gasteiger partial charge in [-0.15, -0.1) is 0 Å². The lowest BCUT2D eigenvalue weighted by Gasteiger charge is -2.35. The van der Waals surface area contributed by atoms with Crippen molar-refractivity contribution in [1.82, 2.24) is 4.90 Å². The molecule has 0 unspecified atom stereocenters. The molecule has 108 valence electrons. The number of carbonyl (C=O) groups is 2. The molecule has 2 heterocycles. The molecule has 0 radical (unpaired) electrons. The van der Waals surface area contributed by atoms with Crippen molar-refractivity contribution in [1.29, 1.82) is 0 Å². The van der Waals surface area contributed by atoms with Gasteiger partial charge in [0.25, 0.3) is 5.79 Å². The summed E-state index contributed by atoms with van der Waals surface area (Å²) in [6, 6.07) is 0. The maximum Gasteiger partial charge on any atom is 0.422 e. The monoisotopic (exact) mass is 273 g/mol. The quantitative estimate of drug-likeness (QED) is 0.714. The van der Waals surface area contributed by atoms with Crippen molar-refractivity contribution in [3.63, 3.8) is 0 Å². The van der Waals surface area contributed by atoms with E-state index in [4.69, 9.17) is 14.2 Å². The third kappa shape index (κ3) is 2.82. The van der Waals surface area contributed by atoms with Gasteiger partial charge in [-0.05, 0) is 33.6 Å². The summed E-state index contributed by atoms with van der Waals surface area (Å²) in [7, 11) is 0. The summed E-state index contributed by atoms with van der Waals surface area (Å²) < 4.78 is 15.6. The van der Waals surface area contributed by atoms with Gasteiger partial charge in [-0.1, -0.05) is 0 Å². The molecule has 0 aromatic heterocycles. The van der Waals surface area contributed by atoms with E-state index in [9.17, 15) is 14.7 Å². The predicted molar refractivity (Wildman–Crippen MR) is 63.3 cm³/mol. The number of rotatable bonds is 0. The van der Waals surface area contributed by atoms with Gasteiger partial charge >= 0.3 is 12.2 Å². The molecule has 2 aliphatic heterocycles. The third-order valence-electron chi connectivity index (χ3n) is 2.95. The summed E-state index contributed by atoms with van der Waals surface area (Å²) in [5.41, 5.74) is -0.709. The van der Waals surface area contributed by atoms with E-state index < -0.39 is 29.7 Å². The van der Waals surface area contributed by atoms with Crippen molar-refractivity contribution in [3.05, 3.63) is 0 Å². The molecule has 7 heteroatoms. The Morgan fingerprint density at radius 3 is 2.79 bits per heavy atom. The van der Waals surface area contributed by atoms with E-state index in [0.29, 0.717) is 19.4 Å². The fraction of sp³-hybridized carbons (Fsp3) is 0.833. The summed E-state index contributed by atoms with van der Waals surface area (Å²) >= 11 is 0. The van der Waals surface area contributed by atoms with E-state index in [0.717, 1.165) is 4.90 Å². The van der Waals surface area contributed by atoms with Gasteiger partial charge in [-0.2, -0.15) is 0 Å². The van der Waals surface area contributed by atoms with Crippen LogP contribution in [-0.2, 0) is 14.2 Å². The largest absolute Gasteiger partial charge is 0.443 e. The van der Waals surface area contributed by atoms with Gasteiger partial charge in [-0.25, -0.2) is 14.5 Å². The molecule has 1 spiro atoms. The number of carbonyl (C=O) groups excluding carboxylic acids is 2. The molecule has 0 aliphatic carbocycles. The van der Waals surface area contributed by atoms with Gasteiger partial charge in [0.1, 0.15) is 18.2 Å². The average molecular weight is 273 g/mol. The zero-order chi connectivity index (χ0) is 14.3. The smallest absolute Gasteiger partial charge is 0.422 e. The van der Waals surface area contributed by atoms with Crippen LogP contribution < -0.4 is 0 Å². The molecule has 0 saturated carbocycles. The fourth-order valence-electron chi connectivity index (χ4n) is 2.06. The first-order chi connectivity index (χ1) is 8.73.